The second-order valence-corrected chi connectivity index (χ2v) is 4.46. The van der Waals surface area contributed by atoms with Gasteiger partial charge in [0.15, 0.2) is 0 Å². The molecule has 0 unspecified atom stereocenters. The third-order valence-corrected chi connectivity index (χ3v) is 2.99. The minimum atomic E-state index is 0.0993. The van der Waals surface area contributed by atoms with Crippen molar-refractivity contribution in [2.45, 2.75) is 13.8 Å². The van der Waals surface area contributed by atoms with Gasteiger partial charge < -0.3 is 21.7 Å². The van der Waals surface area contributed by atoms with Crippen LogP contribution in [0, 0.1) is 13.8 Å². The second kappa shape index (κ2) is 4.14. The fourth-order valence-corrected chi connectivity index (χ4v) is 1.95. The number of benzene rings is 2. The van der Waals surface area contributed by atoms with Crippen molar-refractivity contribution in [2.75, 3.05) is 11.5 Å². The third-order valence-electron chi connectivity index (χ3n) is 2.99. The van der Waals surface area contributed by atoms with Gasteiger partial charge in [0.05, 0.1) is 11.4 Å². The molecule has 2 aromatic rings. The molecule has 4 nitrogen and oxygen atoms in total. The van der Waals surface area contributed by atoms with Gasteiger partial charge in [0, 0.05) is 0 Å². The van der Waals surface area contributed by atoms with Crippen molar-refractivity contribution in [2.24, 2.45) is 0 Å². The first kappa shape index (κ1) is 12.1. The van der Waals surface area contributed by atoms with Crippen molar-refractivity contribution in [3.05, 3.63) is 35.4 Å². The van der Waals surface area contributed by atoms with Crippen LogP contribution in [0.3, 0.4) is 0 Å². The number of nitrogens with two attached hydrogens (primary N) is 2. The predicted molar refractivity (Wildman–Crippen MR) is 73.5 cm³/mol. The van der Waals surface area contributed by atoms with Crippen molar-refractivity contribution in [1.82, 2.24) is 0 Å². The van der Waals surface area contributed by atoms with E-state index in [1.54, 1.807) is 26.0 Å². The lowest BCUT2D eigenvalue weighted by molar-refractivity contribution is 0.473. The van der Waals surface area contributed by atoms with Crippen LogP contribution >= 0.6 is 0 Å². The van der Waals surface area contributed by atoms with Crippen LogP contribution in [0.2, 0.25) is 0 Å². The quantitative estimate of drug-likeness (QED) is 0.458. The van der Waals surface area contributed by atoms with E-state index in [2.05, 4.69) is 0 Å². The molecular weight excluding hydrogens is 228 g/mol. The lowest BCUT2D eigenvalue weighted by atomic mass is 9.99. The molecule has 6 N–H and O–H groups in total. The number of rotatable bonds is 1. The van der Waals surface area contributed by atoms with Gasteiger partial charge in [-0.15, -0.1) is 0 Å². The lowest BCUT2D eigenvalue weighted by Crippen LogP contribution is -1.93. The number of phenols is 2. The summed E-state index contributed by atoms with van der Waals surface area (Å²) in [5, 5.41) is 19.3. The van der Waals surface area contributed by atoms with E-state index in [4.69, 9.17) is 11.5 Å². The summed E-state index contributed by atoms with van der Waals surface area (Å²) in [6.45, 7) is 3.57. The minimum Gasteiger partial charge on any atom is -0.506 e. The molecule has 0 aromatic heterocycles. The van der Waals surface area contributed by atoms with Crippen molar-refractivity contribution < 1.29 is 10.2 Å². The molecule has 0 fully saturated rings. The first-order chi connectivity index (χ1) is 8.40. The summed E-state index contributed by atoms with van der Waals surface area (Å²) >= 11 is 0. The highest BCUT2D eigenvalue weighted by Gasteiger charge is 2.09. The summed E-state index contributed by atoms with van der Waals surface area (Å²) in [4.78, 5) is 0. The molecule has 2 aromatic carbocycles. The largest absolute Gasteiger partial charge is 0.506 e. The van der Waals surface area contributed by atoms with Gasteiger partial charge in [-0.1, -0.05) is 0 Å². The smallest absolute Gasteiger partial charge is 0.141 e. The Morgan fingerprint density at radius 3 is 1.33 bits per heavy atom. The molecule has 0 spiro atoms. The van der Waals surface area contributed by atoms with Crippen LogP contribution in [0.1, 0.15) is 11.1 Å². The summed E-state index contributed by atoms with van der Waals surface area (Å²) in [5.41, 5.74) is 15.2. The van der Waals surface area contributed by atoms with E-state index in [1.165, 1.54) is 0 Å². The number of anilines is 2. The lowest BCUT2D eigenvalue weighted by Gasteiger charge is -2.11. The fourth-order valence-electron chi connectivity index (χ4n) is 1.95. The van der Waals surface area contributed by atoms with Crippen molar-refractivity contribution in [3.63, 3.8) is 0 Å². The van der Waals surface area contributed by atoms with Gasteiger partial charge in [0.25, 0.3) is 0 Å². The van der Waals surface area contributed by atoms with Crippen molar-refractivity contribution in [3.8, 4) is 22.6 Å². The average Bonchev–Trinajstić information content (AvgIpc) is 2.31. The normalized spacial score (nSPS) is 10.6. The van der Waals surface area contributed by atoms with Crippen LogP contribution in [0.5, 0.6) is 11.5 Å². The van der Waals surface area contributed by atoms with Gasteiger partial charge >= 0.3 is 0 Å². The second-order valence-electron chi connectivity index (χ2n) is 4.46. The Morgan fingerprint density at radius 1 is 0.722 bits per heavy atom. The van der Waals surface area contributed by atoms with Gasteiger partial charge in [-0.25, -0.2) is 0 Å². The van der Waals surface area contributed by atoms with Crippen LogP contribution in [0.4, 0.5) is 11.4 Å². The minimum absolute atomic E-state index is 0.0993. The zero-order chi connectivity index (χ0) is 13.4. The van der Waals surface area contributed by atoms with E-state index in [-0.39, 0.29) is 11.5 Å². The molecule has 0 saturated carbocycles. The number of hydrogen-bond acceptors (Lipinski definition) is 4. The maximum absolute atomic E-state index is 9.64. The molecular formula is C14H16N2O2. The molecule has 0 heterocycles. The molecule has 2 rings (SSSR count). The van der Waals surface area contributed by atoms with Gasteiger partial charge in [-0.05, 0) is 60.4 Å². The number of phenolic OH excluding ortho intramolecular Hbond substituents is 2. The van der Waals surface area contributed by atoms with Crippen molar-refractivity contribution in [1.29, 1.82) is 0 Å². The number of aryl methyl sites for hydroxylation is 2. The van der Waals surface area contributed by atoms with E-state index in [0.29, 0.717) is 22.5 Å². The monoisotopic (exact) mass is 244 g/mol. The van der Waals surface area contributed by atoms with E-state index >= 15 is 0 Å². The molecule has 94 valence electrons. The Labute approximate surface area is 105 Å². The highest BCUT2D eigenvalue weighted by atomic mass is 16.3. The van der Waals surface area contributed by atoms with Crippen LogP contribution < -0.4 is 11.5 Å². The highest BCUT2D eigenvalue weighted by molar-refractivity contribution is 5.77. The molecule has 0 radical (unpaired) electrons. The number of nitrogen functional groups attached to an aromatic ring is 2. The van der Waals surface area contributed by atoms with Crippen LogP contribution in [0.15, 0.2) is 24.3 Å². The Hall–Kier alpha value is -2.36. The maximum Gasteiger partial charge on any atom is 0.141 e. The van der Waals surface area contributed by atoms with E-state index in [1.807, 2.05) is 12.1 Å². The molecule has 0 aliphatic carbocycles. The number of aromatic hydroxyl groups is 2. The van der Waals surface area contributed by atoms with Gasteiger partial charge in [0.1, 0.15) is 11.5 Å². The zero-order valence-electron chi connectivity index (χ0n) is 10.4. The van der Waals surface area contributed by atoms with E-state index in [9.17, 15) is 10.2 Å². The molecule has 0 amide bonds. The Morgan fingerprint density at radius 2 is 1.06 bits per heavy atom. The maximum atomic E-state index is 9.64. The Kier molecular flexibility index (Phi) is 2.79. The van der Waals surface area contributed by atoms with Gasteiger partial charge in [-0.2, -0.15) is 0 Å². The SMILES string of the molecule is Cc1cc(-c2cc(C)c(O)c(N)c2)cc(N)c1O. The van der Waals surface area contributed by atoms with Gasteiger partial charge in [0.2, 0.25) is 0 Å². The molecule has 0 aliphatic heterocycles. The molecule has 0 saturated heterocycles. The van der Waals surface area contributed by atoms with E-state index in [0.717, 1.165) is 11.1 Å². The summed E-state index contributed by atoms with van der Waals surface area (Å²) in [6.07, 6.45) is 0. The zero-order valence-corrected chi connectivity index (χ0v) is 10.4. The fraction of sp³-hybridized carbons (Fsp3) is 0.143. The Balaban J connectivity index is 2.63. The van der Waals surface area contributed by atoms with Crippen molar-refractivity contribution >= 4 is 11.4 Å². The first-order valence-electron chi connectivity index (χ1n) is 5.58. The predicted octanol–water partition coefficient (Wildman–Crippen LogP) is 2.55. The standard InChI is InChI=1S/C14H16N2O2/c1-7-3-9(5-11(15)13(7)17)10-4-8(2)14(18)12(16)6-10/h3-6,17-18H,15-16H2,1-2H3. The molecule has 18 heavy (non-hydrogen) atoms. The molecule has 4 heteroatoms. The van der Waals surface area contributed by atoms with Gasteiger partial charge in [-0.3, -0.25) is 0 Å². The average molecular weight is 244 g/mol. The number of hydrogen-bond donors (Lipinski definition) is 4. The summed E-state index contributed by atoms with van der Waals surface area (Å²) < 4.78 is 0. The summed E-state index contributed by atoms with van der Waals surface area (Å²) in [6, 6.07) is 7.04. The molecule has 0 bridgehead atoms. The van der Waals surface area contributed by atoms with Crippen LogP contribution in [-0.4, -0.2) is 10.2 Å². The molecule has 0 atom stereocenters. The third kappa shape index (κ3) is 1.93. The highest BCUT2D eigenvalue weighted by Crippen LogP contribution is 2.35. The van der Waals surface area contributed by atoms with Crippen LogP contribution in [-0.2, 0) is 0 Å². The van der Waals surface area contributed by atoms with E-state index < -0.39 is 0 Å². The summed E-state index contributed by atoms with van der Waals surface area (Å²) in [5.74, 6) is 0.199. The Bertz CT molecular complexity index is 520. The topological polar surface area (TPSA) is 92.5 Å². The first-order valence-corrected chi connectivity index (χ1v) is 5.58. The van der Waals surface area contributed by atoms with Crippen LogP contribution in [0.25, 0.3) is 11.1 Å². The summed E-state index contributed by atoms with van der Waals surface area (Å²) in [7, 11) is 0. The molecule has 0 aliphatic rings.